The first-order valence-electron chi connectivity index (χ1n) is 10.2. The molecular formula is C23H29NO4S. The first kappa shape index (κ1) is 21.4. The molecule has 0 spiro atoms. The Morgan fingerprint density at radius 1 is 1.31 bits per heavy atom. The molecule has 0 saturated carbocycles. The van der Waals surface area contributed by atoms with Crippen LogP contribution in [0.2, 0.25) is 0 Å². The van der Waals surface area contributed by atoms with Crippen molar-refractivity contribution < 1.29 is 19.1 Å². The Kier molecular flexibility index (Phi) is 6.63. The van der Waals surface area contributed by atoms with E-state index in [-0.39, 0.29) is 11.9 Å². The van der Waals surface area contributed by atoms with E-state index in [2.05, 4.69) is 12.2 Å². The van der Waals surface area contributed by atoms with Gasteiger partial charge in [-0.2, -0.15) is 0 Å². The van der Waals surface area contributed by atoms with Crippen LogP contribution in [0.5, 0.6) is 5.75 Å². The van der Waals surface area contributed by atoms with Gasteiger partial charge >= 0.3 is 5.97 Å². The molecule has 1 heterocycles. The topological polar surface area (TPSA) is 64.6 Å². The third-order valence-corrected chi connectivity index (χ3v) is 6.40. The standard InChI is InChI=1S/C23H29NO4S/c1-6-27-23(26)20-17-9-7-14(3)12-19(17)29-22(20)24-21(25)16(5)28-18-10-8-13(2)11-15(18)4/h8,10-11,14,16H,6-7,9,12H2,1-5H3,(H,24,25)/t14-,16+/m0/s1. The number of esters is 1. The second-order valence-electron chi connectivity index (χ2n) is 7.79. The fourth-order valence-corrected chi connectivity index (χ4v) is 5.05. The number of aryl methyl sites for hydroxylation is 2. The van der Waals surface area contributed by atoms with Crippen molar-refractivity contribution in [2.45, 2.75) is 60.0 Å². The quantitative estimate of drug-likeness (QED) is 0.669. The van der Waals surface area contributed by atoms with Crippen molar-refractivity contribution in [3.8, 4) is 5.75 Å². The van der Waals surface area contributed by atoms with Crippen LogP contribution in [0.4, 0.5) is 5.00 Å². The average molecular weight is 416 g/mol. The number of benzene rings is 1. The van der Waals surface area contributed by atoms with Gasteiger partial charge in [-0.25, -0.2) is 4.79 Å². The van der Waals surface area contributed by atoms with Gasteiger partial charge in [0.2, 0.25) is 0 Å². The number of amides is 1. The van der Waals surface area contributed by atoms with Crippen molar-refractivity contribution in [1.82, 2.24) is 0 Å². The molecule has 6 heteroatoms. The number of nitrogens with one attached hydrogen (secondary N) is 1. The number of ether oxygens (including phenoxy) is 2. The van der Waals surface area contributed by atoms with E-state index < -0.39 is 6.10 Å². The minimum atomic E-state index is -0.690. The zero-order chi connectivity index (χ0) is 21.1. The van der Waals surface area contributed by atoms with Gasteiger partial charge in [0.25, 0.3) is 5.91 Å². The molecule has 1 aliphatic carbocycles. The van der Waals surface area contributed by atoms with Crippen molar-refractivity contribution >= 4 is 28.2 Å². The number of carbonyl (C=O) groups is 2. The molecule has 0 radical (unpaired) electrons. The maximum atomic E-state index is 12.8. The summed E-state index contributed by atoms with van der Waals surface area (Å²) in [6, 6.07) is 5.86. The molecule has 1 amide bonds. The molecule has 156 valence electrons. The smallest absolute Gasteiger partial charge is 0.341 e. The summed E-state index contributed by atoms with van der Waals surface area (Å²) in [7, 11) is 0. The summed E-state index contributed by atoms with van der Waals surface area (Å²) in [4.78, 5) is 26.6. The van der Waals surface area contributed by atoms with E-state index in [1.54, 1.807) is 13.8 Å². The van der Waals surface area contributed by atoms with Crippen molar-refractivity contribution in [2.24, 2.45) is 5.92 Å². The number of hydrogen-bond donors (Lipinski definition) is 1. The minimum absolute atomic E-state index is 0.276. The summed E-state index contributed by atoms with van der Waals surface area (Å²) in [5.74, 6) is 0.620. The Morgan fingerprint density at radius 3 is 2.76 bits per heavy atom. The second kappa shape index (κ2) is 8.99. The van der Waals surface area contributed by atoms with Crippen molar-refractivity contribution in [2.75, 3.05) is 11.9 Å². The highest BCUT2D eigenvalue weighted by Crippen LogP contribution is 2.40. The molecule has 1 N–H and O–H groups in total. The zero-order valence-electron chi connectivity index (χ0n) is 17.8. The molecule has 1 aromatic carbocycles. The van der Waals surface area contributed by atoms with Gasteiger partial charge < -0.3 is 14.8 Å². The predicted molar refractivity (Wildman–Crippen MR) is 116 cm³/mol. The first-order valence-corrected chi connectivity index (χ1v) is 11.0. The third-order valence-electron chi connectivity index (χ3n) is 5.23. The highest BCUT2D eigenvalue weighted by atomic mass is 32.1. The monoisotopic (exact) mass is 415 g/mol. The number of carbonyl (C=O) groups excluding carboxylic acids is 2. The maximum Gasteiger partial charge on any atom is 0.341 e. The Labute approximate surface area is 176 Å². The lowest BCUT2D eigenvalue weighted by atomic mass is 9.88. The van der Waals surface area contributed by atoms with Crippen LogP contribution >= 0.6 is 11.3 Å². The Morgan fingerprint density at radius 2 is 2.07 bits per heavy atom. The highest BCUT2D eigenvalue weighted by Gasteiger charge is 2.30. The number of hydrogen-bond acceptors (Lipinski definition) is 5. The van der Waals surface area contributed by atoms with E-state index in [0.717, 1.165) is 36.0 Å². The largest absolute Gasteiger partial charge is 0.481 e. The van der Waals surface area contributed by atoms with Gasteiger partial charge in [0.05, 0.1) is 12.2 Å². The lowest BCUT2D eigenvalue weighted by Crippen LogP contribution is -2.30. The lowest BCUT2D eigenvalue weighted by molar-refractivity contribution is -0.122. The summed E-state index contributed by atoms with van der Waals surface area (Å²) >= 11 is 1.49. The SMILES string of the molecule is CCOC(=O)c1c(NC(=O)[C@@H](C)Oc2ccc(C)cc2C)sc2c1CC[C@H](C)C2. The molecule has 3 rings (SSSR count). The van der Waals surface area contributed by atoms with E-state index in [4.69, 9.17) is 9.47 Å². The summed E-state index contributed by atoms with van der Waals surface area (Å²) in [6.45, 7) is 10.00. The van der Waals surface area contributed by atoms with Crippen molar-refractivity contribution in [3.63, 3.8) is 0 Å². The van der Waals surface area contributed by atoms with Crippen LogP contribution < -0.4 is 10.1 Å². The number of rotatable bonds is 6. The zero-order valence-corrected chi connectivity index (χ0v) is 18.6. The van der Waals surface area contributed by atoms with Gasteiger partial charge in [-0.15, -0.1) is 11.3 Å². The molecule has 1 aromatic heterocycles. The molecule has 0 bridgehead atoms. The van der Waals surface area contributed by atoms with Gasteiger partial charge in [0.15, 0.2) is 6.10 Å². The number of fused-ring (bicyclic) bond motifs is 1. The molecule has 5 nitrogen and oxygen atoms in total. The molecule has 0 saturated heterocycles. The van der Waals surface area contributed by atoms with Gasteiger partial charge in [-0.1, -0.05) is 24.6 Å². The molecule has 2 atom stereocenters. The lowest BCUT2D eigenvalue weighted by Gasteiger charge is -2.18. The fraction of sp³-hybridized carbons (Fsp3) is 0.478. The van der Waals surface area contributed by atoms with E-state index in [0.29, 0.717) is 28.8 Å². The van der Waals surface area contributed by atoms with Crippen LogP contribution in [0.3, 0.4) is 0 Å². The van der Waals surface area contributed by atoms with Gasteiger partial charge in [-0.3, -0.25) is 4.79 Å². The molecule has 0 aliphatic heterocycles. The molecule has 29 heavy (non-hydrogen) atoms. The van der Waals surface area contributed by atoms with E-state index >= 15 is 0 Å². The van der Waals surface area contributed by atoms with Crippen molar-refractivity contribution in [1.29, 1.82) is 0 Å². The number of thiophene rings is 1. The van der Waals surface area contributed by atoms with Crippen LogP contribution in [0.15, 0.2) is 18.2 Å². The molecule has 0 fully saturated rings. The second-order valence-corrected chi connectivity index (χ2v) is 8.90. The summed E-state index contributed by atoms with van der Waals surface area (Å²) in [6.07, 6.45) is 2.11. The van der Waals surface area contributed by atoms with Crippen LogP contribution in [0, 0.1) is 19.8 Å². The highest BCUT2D eigenvalue weighted by molar-refractivity contribution is 7.17. The van der Waals surface area contributed by atoms with Crippen molar-refractivity contribution in [3.05, 3.63) is 45.3 Å². The van der Waals surface area contributed by atoms with Gasteiger partial charge in [0.1, 0.15) is 10.8 Å². The van der Waals surface area contributed by atoms with E-state index in [1.165, 1.54) is 16.2 Å². The maximum absolute atomic E-state index is 12.8. The first-order chi connectivity index (χ1) is 13.8. The van der Waals surface area contributed by atoms with Crippen LogP contribution in [0.1, 0.15) is 59.1 Å². The van der Waals surface area contributed by atoms with Gasteiger partial charge in [-0.05, 0) is 70.1 Å². The minimum Gasteiger partial charge on any atom is -0.481 e. The van der Waals surface area contributed by atoms with Gasteiger partial charge in [0, 0.05) is 4.88 Å². The summed E-state index contributed by atoms with van der Waals surface area (Å²) < 4.78 is 11.1. The third kappa shape index (κ3) is 4.81. The molecular weight excluding hydrogens is 386 g/mol. The van der Waals surface area contributed by atoms with E-state index in [9.17, 15) is 9.59 Å². The number of anilines is 1. The summed E-state index contributed by atoms with van der Waals surface area (Å²) in [5, 5.41) is 3.50. The Bertz CT molecular complexity index is 918. The molecule has 1 aliphatic rings. The predicted octanol–water partition coefficient (Wildman–Crippen LogP) is 5.07. The molecule has 2 aromatic rings. The van der Waals surface area contributed by atoms with Crippen LogP contribution in [-0.2, 0) is 22.4 Å². The Hall–Kier alpha value is -2.34. The average Bonchev–Trinajstić information content (AvgIpc) is 3.00. The normalized spacial score (nSPS) is 16.7. The molecule has 0 unspecified atom stereocenters. The fourth-order valence-electron chi connectivity index (χ4n) is 3.65. The Balaban J connectivity index is 1.81. The van der Waals surface area contributed by atoms with E-state index in [1.807, 2.05) is 32.0 Å². The summed E-state index contributed by atoms with van der Waals surface area (Å²) in [5.41, 5.74) is 3.68. The van der Waals surface area contributed by atoms with Crippen LogP contribution in [0.25, 0.3) is 0 Å². The van der Waals surface area contributed by atoms with Crippen LogP contribution in [-0.4, -0.2) is 24.6 Å².